The lowest BCUT2D eigenvalue weighted by atomic mass is 10.0. The van der Waals surface area contributed by atoms with Crippen LogP contribution in [0.15, 0.2) is 21.7 Å². The molecule has 146 valence electrons. The van der Waals surface area contributed by atoms with E-state index in [2.05, 4.69) is 14.8 Å². The van der Waals surface area contributed by atoms with Crippen LogP contribution in [0.1, 0.15) is 54.2 Å². The fraction of sp³-hybridized carbons (Fsp3) is 0.529. The highest BCUT2D eigenvalue weighted by Crippen LogP contribution is 2.44. The standard InChI is InChI=1S/C17H21F2N5O2S/c1-9-14(10-5-6-10)20-12-4-2-3-11(12)15(9)21-17(25)23-27(26)13-7-8-24(22-13)16(18)19/h7-8,10,16-17,25,27H,2-6H2,1H3,(H,20,21). The van der Waals surface area contributed by atoms with Crippen LogP contribution in [0.4, 0.5) is 14.5 Å². The summed E-state index contributed by atoms with van der Waals surface area (Å²) in [5.74, 6) is 0.473. The van der Waals surface area contributed by atoms with Gasteiger partial charge in [-0.2, -0.15) is 18.2 Å². The monoisotopic (exact) mass is 397 g/mol. The van der Waals surface area contributed by atoms with Crippen LogP contribution < -0.4 is 5.32 Å². The molecule has 2 aliphatic carbocycles. The number of aryl methyl sites for hydroxylation is 1. The van der Waals surface area contributed by atoms with E-state index < -0.39 is 23.5 Å². The smallest absolute Gasteiger partial charge is 0.333 e. The number of rotatable bonds is 6. The number of aliphatic hydroxyl groups excluding tert-OH is 1. The SMILES string of the molecule is Cc1c(C2CC2)nc2c(c1NC(O)/N=[SH](=O)/c1ccn(C(F)F)n1)CCC2. The van der Waals surface area contributed by atoms with Crippen molar-refractivity contribution >= 4 is 16.3 Å². The molecule has 0 saturated heterocycles. The predicted octanol–water partition coefficient (Wildman–Crippen LogP) is 2.76. The summed E-state index contributed by atoms with van der Waals surface area (Å²) >= 11 is 0. The molecule has 2 aromatic heterocycles. The molecule has 0 radical (unpaired) electrons. The van der Waals surface area contributed by atoms with Gasteiger partial charge in [-0.05, 0) is 56.2 Å². The van der Waals surface area contributed by atoms with Crippen LogP contribution in [-0.2, 0) is 23.4 Å². The van der Waals surface area contributed by atoms with Crippen molar-refractivity contribution < 1.29 is 18.1 Å². The second-order valence-electron chi connectivity index (χ2n) is 6.89. The normalized spacial score (nSPS) is 18.7. The Morgan fingerprint density at radius 3 is 2.85 bits per heavy atom. The van der Waals surface area contributed by atoms with Crippen molar-refractivity contribution in [1.29, 1.82) is 0 Å². The summed E-state index contributed by atoms with van der Waals surface area (Å²) in [5.41, 5.74) is 4.98. The Bertz CT molecular complexity index is 951. The molecule has 27 heavy (non-hydrogen) atoms. The zero-order valence-corrected chi connectivity index (χ0v) is 15.7. The van der Waals surface area contributed by atoms with Gasteiger partial charge in [0.2, 0.25) is 6.35 Å². The van der Waals surface area contributed by atoms with Crippen LogP contribution in [0.2, 0.25) is 0 Å². The molecule has 4 rings (SSSR count). The first-order valence-electron chi connectivity index (χ1n) is 8.92. The molecule has 0 spiro atoms. The number of hydrogen-bond acceptors (Lipinski definition) is 6. The van der Waals surface area contributed by atoms with Crippen molar-refractivity contribution in [3.05, 3.63) is 34.8 Å². The van der Waals surface area contributed by atoms with Crippen LogP contribution in [0.25, 0.3) is 0 Å². The summed E-state index contributed by atoms with van der Waals surface area (Å²) in [7, 11) is -2.46. The lowest BCUT2D eigenvalue weighted by molar-refractivity contribution is 0.0554. The fourth-order valence-corrected chi connectivity index (χ4v) is 4.26. The van der Waals surface area contributed by atoms with Crippen LogP contribution in [0, 0.1) is 6.92 Å². The predicted molar refractivity (Wildman–Crippen MR) is 96.3 cm³/mol. The average Bonchev–Trinajstić information content (AvgIpc) is 3.15. The molecule has 2 N–H and O–H groups in total. The third-order valence-electron chi connectivity index (χ3n) is 4.95. The molecule has 2 aromatic rings. The molecule has 1 fully saturated rings. The molecule has 1 saturated carbocycles. The number of hydrogen-bond donors (Lipinski definition) is 3. The number of halogens is 2. The minimum Gasteiger partial charge on any atom is -0.355 e. The minimum absolute atomic E-state index is 0.0958. The van der Waals surface area contributed by atoms with E-state index in [9.17, 15) is 18.1 Å². The van der Waals surface area contributed by atoms with Crippen LogP contribution in [-0.4, -0.2) is 30.4 Å². The van der Waals surface area contributed by atoms with E-state index in [1.807, 2.05) is 6.92 Å². The van der Waals surface area contributed by atoms with Crippen molar-refractivity contribution in [2.75, 3.05) is 5.32 Å². The Kier molecular flexibility index (Phi) is 4.85. The summed E-state index contributed by atoms with van der Waals surface area (Å²) in [4.78, 5) is 4.82. The molecule has 0 amide bonds. The Labute approximate surface area is 157 Å². The van der Waals surface area contributed by atoms with Crippen LogP contribution >= 0.6 is 0 Å². The highest BCUT2D eigenvalue weighted by molar-refractivity contribution is 7.74. The lowest BCUT2D eigenvalue weighted by Gasteiger charge is -2.19. The average molecular weight is 397 g/mol. The number of aliphatic hydroxyl groups is 1. The molecular formula is C17H21F2N5O2S. The molecule has 0 aliphatic heterocycles. The van der Waals surface area contributed by atoms with E-state index in [-0.39, 0.29) is 5.03 Å². The summed E-state index contributed by atoms with van der Waals surface area (Å²) in [6, 6.07) is 1.21. The zero-order chi connectivity index (χ0) is 19.1. The van der Waals surface area contributed by atoms with Gasteiger partial charge in [-0.3, -0.25) is 4.98 Å². The quantitative estimate of drug-likeness (QED) is 0.515. The van der Waals surface area contributed by atoms with Gasteiger partial charge in [-0.15, -0.1) is 0 Å². The van der Waals surface area contributed by atoms with Gasteiger partial charge in [-0.25, -0.2) is 8.89 Å². The number of nitrogens with one attached hydrogen (secondary N) is 1. The second-order valence-corrected chi connectivity index (χ2v) is 8.12. The summed E-state index contributed by atoms with van der Waals surface area (Å²) < 4.78 is 41.6. The Morgan fingerprint density at radius 2 is 2.19 bits per heavy atom. The molecule has 10 heteroatoms. The first kappa shape index (κ1) is 18.3. The molecular weight excluding hydrogens is 376 g/mol. The van der Waals surface area contributed by atoms with Crippen molar-refractivity contribution in [3.8, 4) is 0 Å². The highest BCUT2D eigenvalue weighted by Gasteiger charge is 2.31. The number of nitrogens with zero attached hydrogens (tertiary/aromatic N) is 4. The van der Waals surface area contributed by atoms with Crippen LogP contribution in [0.3, 0.4) is 0 Å². The molecule has 2 heterocycles. The van der Waals surface area contributed by atoms with Gasteiger partial charge in [0.1, 0.15) is 0 Å². The highest BCUT2D eigenvalue weighted by atomic mass is 32.2. The summed E-state index contributed by atoms with van der Waals surface area (Å²) in [6.45, 7) is -0.841. The number of aromatic nitrogens is 3. The van der Waals surface area contributed by atoms with E-state index in [1.165, 1.54) is 6.07 Å². The van der Waals surface area contributed by atoms with E-state index in [0.717, 1.165) is 66.5 Å². The summed E-state index contributed by atoms with van der Waals surface area (Å²) in [6.07, 6.45) is 4.64. The molecule has 7 nitrogen and oxygen atoms in total. The van der Waals surface area contributed by atoms with Crippen molar-refractivity contribution in [2.45, 2.75) is 62.9 Å². The van der Waals surface area contributed by atoms with Crippen molar-refractivity contribution in [2.24, 2.45) is 4.36 Å². The van der Waals surface area contributed by atoms with Gasteiger partial charge in [0.15, 0.2) is 5.03 Å². The number of alkyl halides is 2. The number of thiol groups is 1. The fourth-order valence-electron chi connectivity index (χ4n) is 3.51. The Morgan fingerprint density at radius 1 is 1.41 bits per heavy atom. The largest absolute Gasteiger partial charge is 0.355 e. The maximum Gasteiger partial charge on any atom is 0.333 e. The maximum atomic E-state index is 12.6. The molecule has 2 atom stereocenters. The molecule has 2 aliphatic rings. The van der Waals surface area contributed by atoms with E-state index in [4.69, 9.17) is 4.98 Å². The molecule has 2 unspecified atom stereocenters. The van der Waals surface area contributed by atoms with Gasteiger partial charge >= 0.3 is 6.55 Å². The van der Waals surface area contributed by atoms with E-state index >= 15 is 0 Å². The van der Waals surface area contributed by atoms with Gasteiger partial charge in [-0.1, -0.05) is 0 Å². The molecule has 0 bridgehead atoms. The first-order valence-corrected chi connectivity index (χ1v) is 10.1. The molecule has 0 aromatic carbocycles. The first-order chi connectivity index (χ1) is 12.9. The number of anilines is 1. The number of pyridine rings is 1. The van der Waals surface area contributed by atoms with Gasteiger partial charge < -0.3 is 10.4 Å². The zero-order valence-electron chi connectivity index (χ0n) is 14.8. The topological polar surface area (TPSA) is 92.4 Å². The van der Waals surface area contributed by atoms with E-state index in [0.29, 0.717) is 10.6 Å². The van der Waals surface area contributed by atoms with E-state index in [1.54, 1.807) is 0 Å². The van der Waals surface area contributed by atoms with Gasteiger partial charge in [0.05, 0.1) is 10.6 Å². The minimum atomic E-state index is -2.81. The van der Waals surface area contributed by atoms with Crippen LogP contribution in [0.5, 0.6) is 0 Å². The van der Waals surface area contributed by atoms with Crippen molar-refractivity contribution in [1.82, 2.24) is 14.8 Å². The Balaban J connectivity index is 1.59. The second kappa shape index (κ2) is 7.16. The van der Waals surface area contributed by atoms with Gasteiger partial charge in [0.25, 0.3) is 0 Å². The maximum absolute atomic E-state index is 12.6. The summed E-state index contributed by atoms with van der Waals surface area (Å²) in [5, 5.41) is 16.7. The lowest BCUT2D eigenvalue weighted by Crippen LogP contribution is -2.19. The Hall–Kier alpha value is -2.07. The third-order valence-corrected chi connectivity index (χ3v) is 6.01. The third kappa shape index (κ3) is 3.68. The van der Waals surface area contributed by atoms with Crippen molar-refractivity contribution in [3.63, 3.8) is 0 Å². The van der Waals surface area contributed by atoms with Gasteiger partial charge in [0, 0.05) is 29.2 Å². The number of fused-ring (bicyclic) bond motifs is 1.